The van der Waals surface area contributed by atoms with Crippen molar-refractivity contribution in [1.29, 1.82) is 0 Å². The number of alkyl halides is 6. The van der Waals surface area contributed by atoms with Gasteiger partial charge in [0.1, 0.15) is 35.2 Å². The quantitative estimate of drug-likeness (QED) is 0.0236. The van der Waals surface area contributed by atoms with Crippen molar-refractivity contribution in [3.63, 3.8) is 0 Å². The zero-order valence-corrected chi connectivity index (χ0v) is 32.5. The van der Waals surface area contributed by atoms with E-state index >= 15 is 0 Å². The molecule has 0 heterocycles. The second-order valence-corrected chi connectivity index (χ2v) is 13.5. The fourth-order valence-electron chi connectivity index (χ4n) is 5.65. The number of hydrogen-bond acceptors (Lipinski definition) is 12. The van der Waals surface area contributed by atoms with Crippen molar-refractivity contribution in [3.8, 4) is 23.0 Å². The van der Waals surface area contributed by atoms with E-state index in [4.69, 9.17) is 20.9 Å². The van der Waals surface area contributed by atoms with Crippen LogP contribution in [0.1, 0.15) is 43.3 Å². The van der Waals surface area contributed by atoms with Crippen LogP contribution in [0.25, 0.3) is 12.2 Å². The van der Waals surface area contributed by atoms with Gasteiger partial charge in [-0.05, 0) is 114 Å². The number of nitrogens with two attached hydrogens (primary N) is 2. The van der Waals surface area contributed by atoms with Gasteiger partial charge in [-0.3, -0.25) is 9.59 Å². The number of anilines is 2. The number of nitrogen functional groups attached to an aromatic ring is 2. The van der Waals surface area contributed by atoms with E-state index in [1.54, 1.807) is 0 Å². The van der Waals surface area contributed by atoms with Gasteiger partial charge in [0.05, 0.1) is 17.0 Å². The van der Waals surface area contributed by atoms with Gasteiger partial charge in [-0.25, -0.2) is 9.59 Å². The first-order valence-corrected chi connectivity index (χ1v) is 18.4. The van der Waals surface area contributed by atoms with Gasteiger partial charge in [-0.1, -0.05) is 42.5 Å². The standard InChI is InChI=1S/C45H36F6N2O10/c46-44(47,48)24-60-31-16-7-28(8-17-31)42(58)62-33-12-1-26(2-13-33)5-21-37(54)40(56)39(35-20-11-30(52)23-36(35)53)41(57)38(55)22-6-27-3-14-34(15-4-27)63-43(59)29-9-18-32(19-10-29)61-25-45(49,50)51/h1-23,39-41,56-57H,24-25,52-53H2/b21-5+,22-6+. The summed E-state index contributed by atoms with van der Waals surface area (Å²) < 4.78 is 94.2. The Morgan fingerprint density at radius 1 is 0.540 bits per heavy atom. The molecule has 0 aromatic heterocycles. The third kappa shape index (κ3) is 14.1. The van der Waals surface area contributed by atoms with Crippen molar-refractivity contribution >= 4 is 47.0 Å². The van der Waals surface area contributed by atoms with Crippen LogP contribution in [0.4, 0.5) is 37.7 Å². The lowest BCUT2D eigenvalue weighted by Crippen LogP contribution is -2.39. The number of carbonyl (C=O) groups excluding carboxylic acids is 4. The van der Waals surface area contributed by atoms with E-state index in [0.29, 0.717) is 11.1 Å². The van der Waals surface area contributed by atoms with Gasteiger partial charge < -0.3 is 40.6 Å². The zero-order chi connectivity index (χ0) is 45.9. The van der Waals surface area contributed by atoms with E-state index in [0.717, 1.165) is 12.2 Å². The second-order valence-electron chi connectivity index (χ2n) is 13.5. The fourth-order valence-corrected chi connectivity index (χ4v) is 5.65. The summed E-state index contributed by atoms with van der Waals surface area (Å²) in [6.07, 6.45) is -8.38. The molecule has 6 N–H and O–H groups in total. The maximum atomic E-state index is 13.3. The molecule has 0 bridgehead atoms. The highest BCUT2D eigenvalue weighted by Gasteiger charge is 2.37. The lowest BCUT2D eigenvalue weighted by Gasteiger charge is -2.26. The summed E-state index contributed by atoms with van der Waals surface area (Å²) in [5, 5.41) is 22.5. The predicted molar refractivity (Wildman–Crippen MR) is 217 cm³/mol. The number of aliphatic hydroxyl groups excluding tert-OH is 2. The average molecular weight is 879 g/mol. The number of aliphatic hydroxyl groups is 2. The van der Waals surface area contributed by atoms with Gasteiger partial charge >= 0.3 is 24.3 Å². The summed E-state index contributed by atoms with van der Waals surface area (Å²) in [6.45, 7) is -2.99. The molecule has 0 spiro atoms. The van der Waals surface area contributed by atoms with Crippen molar-refractivity contribution in [2.45, 2.75) is 30.5 Å². The van der Waals surface area contributed by atoms with Crippen molar-refractivity contribution in [3.05, 3.63) is 155 Å². The molecule has 12 nitrogen and oxygen atoms in total. The molecule has 5 rings (SSSR count). The Bertz CT molecular complexity index is 2310. The normalized spacial score (nSPS) is 13.3. The second kappa shape index (κ2) is 20.4. The molecule has 2 unspecified atom stereocenters. The summed E-state index contributed by atoms with van der Waals surface area (Å²) in [7, 11) is 0. The highest BCUT2D eigenvalue weighted by Crippen LogP contribution is 2.32. The molecule has 2 atom stereocenters. The van der Waals surface area contributed by atoms with E-state index in [1.807, 2.05) is 0 Å². The molecular weight excluding hydrogens is 842 g/mol. The lowest BCUT2D eigenvalue weighted by molar-refractivity contribution is -0.154. The van der Waals surface area contributed by atoms with Crippen LogP contribution in [0.2, 0.25) is 0 Å². The molecule has 0 aliphatic rings. The Kier molecular flexibility index (Phi) is 15.1. The molecule has 5 aromatic carbocycles. The Morgan fingerprint density at radius 3 is 1.25 bits per heavy atom. The molecule has 0 saturated heterocycles. The van der Waals surface area contributed by atoms with E-state index in [1.165, 1.54) is 127 Å². The minimum Gasteiger partial charge on any atom is -0.484 e. The average Bonchev–Trinajstić information content (AvgIpc) is 3.24. The smallest absolute Gasteiger partial charge is 0.422 e. The molecule has 18 heteroatoms. The first-order valence-electron chi connectivity index (χ1n) is 18.4. The van der Waals surface area contributed by atoms with Crippen molar-refractivity contribution in [1.82, 2.24) is 0 Å². The van der Waals surface area contributed by atoms with Gasteiger partial charge in [-0.15, -0.1) is 0 Å². The zero-order valence-electron chi connectivity index (χ0n) is 32.5. The van der Waals surface area contributed by atoms with Crippen LogP contribution < -0.4 is 30.4 Å². The van der Waals surface area contributed by atoms with E-state index in [2.05, 4.69) is 9.47 Å². The lowest BCUT2D eigenvalue weighted by atomic mass is 9.83. The number of rotatable bonds is 17. The Labute approximate surface area is 354 Å². The van der Waals surface area contributed by atoms with Crippen LogP contribution in [-0.2, 0) is 9.59 Å². The Hall–Kier alpha value is -7.44. The molecule has 0 saturated carbocycles. The van der Waals surface area contributed by atoms with Crippen molar-refractivity contribution in [2.24, 2.45) is 0 Å². The van der Waals surface area contributed by atoms with Crippen molar-refractivity contribution in [2.75, 3.05) is 24.7 Å². The summed E-state index contributed by atoms with van der Waals surface area (Å²) >= 11 is 0. The molecular formula is C45H36F6N2O10. The monoisotopic (exact) mass is 878 g/mol. The van der Waals surface area contributed by atoms with E-state index in [9.17, 15) is 55.7 Å². The number of halogens is 6. The number of ether oxygens (including phenoxy) is 4. The molecule has 0 amide bonds. The number of ketones is 2. The maximum Gasteiger partial charge on any atom is 0.422 e. The highest BCUT2D eigenvalue weighted by atomic mass is 19.4. The third-order valence-electron chi connectivity index (χ3n) is 8.78. The Morgan fingerprint density at radius 2 is 0.905 bits per heavy atom. The first kappa shape index (κ1) is 46.6. The van der Waals surface area contributed by atoms with Crippen molar-refractivity contribution < 1.29 is 74.7 Å². The summed E-state index contributed by atoms with van der Waals surface area (Å²) in [5.74, 6) is -5.02. The topological polar surface area (TPSA) is 198 Å². The molecule has 63 heavy (non-hydrogen) atoms. The van der Waals surface area contributed by atoms with Gasteiger partial charge in [0, 0.05) is 11.4 Å². The molecule has 5 aromatic rings. The van der Waals surface area contributed by atoms with Gasteiger partial charge in [0.2, 0.25) is 0 Å². The number of carbonyl (C=O) groups is 4. The van der Waals surface area contributed by atoms with Gasteiger partial charge in [0.25, 0.3) is 0 Å². The molecule has 0 radical (unpaired) electrons. The van der Waals surface area contributed by atoms with Crippen LogP contribution >= 0.6 is 0 Å². The summed E-state index contributed by atoms with van der Waals surface area (Å²) in [6, 6.07) is 25.3. The number of esters is 2. The van der Waals surface area contributed by atoms with Gasteiger partial charge in [-0.2, -0.15) is 26.3 Å². The molecule has 0 aliphatic heterocycles. The van der Waals surface area contributed by atoms with Crippen LogP contribution in [0.3, 0.4) is 0 Å². The fraction of sp³-hybridized carbons (Fsp3) is 0.156. The molecule has 0 fully saturated rings. The SMILES string of the molecule is Nc1ccc(C(C(O)C(=O)/C=C/c2ccc(OC(=O)c3ccc(OCC(F)(F)F)cc3)cc2)C(O)C(=O)/C=C/c2ccc(OC(=O)c3ccc(OCC(F)(F)F)cc3)cc2)c(N)c1. The summed E-state index contributed by atoms with van der Waals surface area (Å²) in [4.78, 5) is 51.7. The number of hydrogen-bond donors (Lipinski definition) is 4. The maximum absolute atomic E-state index is 13.3. The van der Waals surface area contributed by atoms with Crippen LogP contribution in [0.15, 0.2) is 127 Å². The summed E-state index contributed by atoms with van der Waals surface area (Å²) in [5.41, 5.74) is 13.1. The predicted octanol–water partition coefficient (Wildman–Crippen LogP) is 7.54. The third-order valence-corrected chi connectivity index (χ3v) is 8.78. The van der Waals surface area contributed by atoms with Crippen LogP contribution in [0, 0.1) is 0 Å². The van der Waals surface area contributed by atoms with E-state index < -0.39 is 67.2 Å². The minimum atomic E-state index is -4.53. The minimum absolute atomic E-state index is 0.0154. The van der Waals surface area contributed by atoms with Gasteiger partial charge in [0.15, 0.2) is 24.8 Å². The highest BCUT2D eigenvalue weighted by molar-refractivity contribution is 6.01. The van der Waals surface area contributed by atoms with Crippen LogP contribution in [0.5, 0.6) is 23.0 Å². The first-order chi connectivity index (χ1) is 29.7. The van der Waals surface area contributed by atoms with Crippen LogP contribution in [-0.4, -0.2) is 71.5 Å². The molecule has 328 valence electrons. The number of benzene rings is 5. The van der Waals surface area contributed by atoms with E-state index in [-0.39, 0.29) is 51.1 Å². The Balaban J connectivity index is 1.20. The largest absolute Gasteiger partial charge is 0.484 e. The molecule has 0 aliphatic carbocycles.